The van der Waals surface area contributed by atoms with Crippen LogP contribution in [0.15, 0.2) is 47.4 Å². The lowest BCUT2D eigenvalue weighted by Gasteiger charge is -2.28. The fraction of sp³-hybridized carbons (Fsp3) is 0.417. The number of hydrogen-bond donors (Lipinski definition) is 1. The third kappa shape index (κ3) is 4.40. The minimum absolute atomic E-state index is 0.110. The summed E-state index contributed by atoms with van der Waals surface area (Å²) < 4.78 is 38.5. The second-order valence-electron chi connectivity index (χ2n) is 8.63. The Kier molecular flexibility index (Phi) is 6.28. The Morgan fingerprint density at radius 3 is 2.50 bits per heavy atom. The monoisotopic (exact) mass is 485 g/mol. The van der Waals surface area contributed by atoms with Gasteiger partial charge in [0.25, 0.3) is 5.91 Å². The van der Waals surface area contributed by atoms with Crippen molar-refractivity contribution in [1.29, 1.82) is 0 Å². The first kappa shape index (κ1) is 22.8. The van der Waals surface area contributed by atoms with E-state index in [4.69, 9.17) is 9.47 Å². The van der Waals surface area contributed by atoms with Crippen LogP contribution < -0.4 is 10.2 Å². The topological polar surface area (TPSA) is 105 Å². The molecule has 0 saturated carbocycles. The smallest absolute Gasteiger partial charge is 0.339 e. The van der Waals surface area contributed by atoms with E-state index in [9.17, 15) is 18.0 Å². The van der Waals surface area contributed by atoms with Crippen LogP contribution in [-0.2, 0) is 30.7 Å². The molecule has 2 aromatic carbocycles. The van der Waals surface area contributed by atoms with Gasteiger partial charge in [-0.05, 0) is 42.7 Å². The number of sulfonamides is 1. The Bertz CT molecular complexity index is 1200. The molecule has 3 heterocycles. The van der Waals surface area contributed by atoms with E-state index in [1.807, 2.05) is 6.07 Å². The van der Waals surface area contributed by atoms with Crippen LogP contribution in [0, 0.1) is 0 Å². The average Bonchev–Trinajstić information content (AvgIpc) is 3.39. The van der Waals surface area contributed by atoms with Gasteiger partial charge in [-0.2, -0.15) is 4.31 Å². The predicted molar refractivity (Wildman–Crippen MR) is 125 cm³/mol. The van der Waals surface area contributed by atoms with Crippen LogP contribution in [0.4, 0.5) is 11.4 Å². The highest BCUT2D eigenvalue weighted by Gasteiger charge is 2.33. The molecule has 2 saturated heterocycles. The number of esters is 1. The van der Waals surface area contributed by atoms with Gasteiger partial charge in [0.1, 0.15) is 0 Å². The summed E-state index contributed by atoms with van der Waals surface area (Å²) in [6.07, 6.45) is 1.32. The van der Waals surface area contributed by atoms with Crippen LogP contribution in [0.2, 0.25) is 0 Å². The van der Waals surface area contributed by atoms with Gasteiger partial charge in [-0.15, -0.1) is 0 Å². The van der Waals surface area contributed by atoms with Gasteiger partial charge >= 0.3 is 5.97 Å². The quantitative estimate of drug-likeness (QED) is 0.646. The highest BCUT2D eigenvalue weighted by atomic mass is 32.2. The first-order valence-corrected chi connectivity index (χ1v) is 12.9. The largest absolute Gasteiger partial charge is 0.448 e. The minimum atomic E-state index is -3.74. The van der Waals surface area contributed by atoms with Crippen LogP contribution in [0.1, 0.15) is 28.8 Å². The molecule has 0 radical (unpaired) electrons. The van der Waals surface area contributed by atoms with Crippen LogP contribution in [0.3, 0.4) is 0 Å². The molecule has 0 aromatic heterocycles. The van der Waals surface area contributed by atoms with Crippen LogP contribution in [0.25, 0.3) is 0 Å². The summed E-state index contributed by atoms with van der Waals surface area (Å²) in [6, 6.07) is 11.9. The SMILES string of the molecule is O=C1OC(C(=O)Nc2cc(S(=O)(=O)N3CCOCC3)ccc2N2CCCC2)Cc2ccccc21. The van der Waals surface area contributed by atoms with E-state index in [0.717, 1.165) is 37.2 Å². The summed E-state index contributed by atoms with van der Waals surface area (Å²) >= 11 is 0. The number of benzene rings is 2. The maximum absolute atomic E-state index is 13.2. The maximum atomic E-state index is 13.2. The minimum Gasteiger partial charge on any atom is -0.448 e. The van der Waals surface area contributed by atoms with Crippen molar-refractivity contribution in [1.82, 2.24) is 4.31 Å². The zero-order valence-electron chi connectivity index (χ0n) is 18.7. The molecule has 9 nitrogen and oxygen atoms in total. The number of amides is 1. The number of ether oxygens (including phenoxy) is 2. The number of fused-ring (bicyclic) bond motifs is 1. The Balaban J connectivity index is 1.43. The number of nitrogens with zero attached hydrogens (tertiary/aromatic N) is 2. The molecule has 180 valence electrons. The van der Waals surface area contributed by atoms with Crippen molar-refractivity contribution in [2.75, 3.05) is 49.6 Å². The predicted octanol–water partition coefficient (Wildman–Crippen LogP) is 2.03. The van der Waals surface area contributed by atoms with E-state index >= 15 is 0 Å². The van der Waals surface area contributed by atoms with Crippen molar-refractivity contribution in [3.63, 3.8) is 0 Å². The molecule has 10 heteroatoms. The number of morpholine rings is 1. The first-order chi connectivity index (χ1) is 16.4. The summed E-state index contributed by atoms with van der Waals surface area (Å²) in [5.41, 5.74) is 2.37. The third-order valence-electron chi connectivity index (χ3n) is 6.46. The van der Waals surface area contributed by atoms with E-state index in [2.05, 4.69) is 10.2 Å². The number of cyclic esters (lactones) is 1. The maximum Gasteiger partial charge on any atom is 0.339 e. The standard InChI is InChI=1S/C24H27N3O6S/c28-23(22-15-17-5-1-2-6-19(17)24(29)33-22)25-20-16-18(7-8-21(20)26-9-3-4-10-26)34(30,31)27-11-13-32-14-12-27/h1-2,5-8,16,22H,3-4,9-15H2,(H,25,28). The van der Waals surface area contributed by atoms with Crippen molar-refractivity contribution in [3.05, 3.63) is 53.6 Å². The highest BCUT2D eigenvalue weighted by Crippen LogP contribution is 2.33. The molecule has 0 bridgehead atoms. The fourth-order valence-electron chi connectivity index (χ4n) is 4.64. The van der Waals surface area contributed by atoms with Crippen LogP contribution in [-0.4, -0.2) is 70.1 Å². The number of nitrogens with one attached hydrogen (secondary N) is 1. The lowest BCUT2D eigenvalue weighted by molar-refractivity contribution is -0.125. The molecule has 1 amide bonds. The fourth-order valence-corrected chi connectivity index (χ4v) is 6.07. The molecule has 0 aliphatic carbocycles. The molecular formula is C24H27N3O6S. The summed E-state index contributed by atoms with van der Waals surface area (Å²) in [4.78, 5) is 27.8. The Morgan fingerprint density at radius 1 is 1.00 bits per heavy atom. The molecule has 2 aromatic rings. The number of hydrogen-bond acceptors (Lipinski definition) is 7. The summed E-state index contributed by atoms with van der Waals surface area (Å²) in [7, 11) is -3.74. The van der Waals surface area contributed by atoms with E-state index in [1.54, 1.807) is 30.3 Å². The van der Waals surface area contributed by atoms with Crippen LogP contribution >= 0.6 is 0 Å². The second kappa shape index (κ2) is 9.36. The van der Waals surface area contributed by atoms with Crippen LogP contribution in [0.5, 0.6) is 0 Å². The third-order valence-corrected chi connectivity index (χ3v) is 8.36. The number of anilines is 2. The molecule has 5 rings (SSSR count). The molecule has 1 atom stereocenters. The summed E-state index contributed by atoms with van der Waals surface area (Å²) in [6.45, 7) is 2.92. The van der Waals surface area contributed by atoms with Gasteiger partial charge in [-0.25, -0.2) is 13.2 Å². The van der Waals surface area contributed by atoms with Crippen molar-refractivity contribution in [3.8, 4) is 0 Å². The van der Waals surface area contributed by atoms with Gasteiger partial charge in [0.2, 0.25) is 10.0 Å². The summed E-state index contributed by atoms with van der Waals surface area (Å²) in [5.74, 6) is -1.02. The van der Waals surface area contributed by atoms with Crippen molar-refractivity contribution < 1.29 is 27.5 Å². The molecule has 2 fully saturated rings. The van der Waals surface area contributed by atoms with Gasteiger partial charge in [-0.1, -0.05) is 18.2 Å². The van der Waals surface area contributed by atoms with Crippen molar-refractivity contribution >= 4 is 33.3 Å². The lowest BCUT2D eigenvalue weighted by Crippen LogP contribution is -2.40. The van der Waals surface area contributed by atoms with Gasteiger partial charge in [-0.3, -0.25) is 4.79 Å². The molecule has 34 heavy (non-hydrogen) atoms. The van der Waals surface area contributed by atoms with Crippen molar-refractivity contribution in [2.24, 2.45) is 0 Å². The lowest BCUT2D eigenvalue weighted by atomic mass is 9.98. The van der Waals surface area contributed by atoms with Gasteiger partial charge in [0.15, 0.2) is 6.10 Å². The Morgan fingerprint density at radius 2 is 1.74 bits per heavy atom. The van der Waals surface area contributed by atoms with E-state index < -0.39 is 28.0 Å². The molecular weight excluding hydrogens is 458 g/mol. The average molecular weight is 486 g/mol. The van der Waals surface area contributed by atoms with E-state index in [0.29, 0.717) is 24.5 Å². The molecule has 1 unspecified atom stereocenters. The number of carbonyl (C=O) groups excluding carboxylic acids is 2. The van der Waals surface area contributed by atoms with E-state index in [1.165, 1.54) is 10.4 Å². The Hall–Kier alpha value is -2.95. The van der Waals surface area contributed by atoms with Gasteiger partial charge in [0, 0.05) is 32.6 Å². The summed E-state index contributed by atoms with van der Waals surface area (Å²) in [5, 5.41) is 2.86. The Labute approximate surface area is 198 Å². The molecule has 1 N–H and O–H groups in total. The molecule has 3 aliphatic rings. The zero-order chi connectivity index (χ0) is 23.7. The van der Waals surface area contributed by atoms with Gasteiger partial charge in [0.05, 0.1) is 35.0 Å². The highest BCUT2D eigenvalue weighted by molar-refractivity contribution is 7.89. The number of carbonyl (C=O) groups is 2. The number of rotatable bonds is 5. The normalized spacial score (nSPS) is 21.1. The van der Waals surface area contributed by atoms with Gasteiger partial charge < -0.3 is 19.7 Å². The first-order valence-electron chi connectivity index (χ1n) is 11.5. The molecule has 0 spiro atoms. The zero-order valence-corrected chi connectivity index (χ0v) is 19.6. The van der Waals surface area contributed by atoms with E-state index in [-0.39, 0.29) is 24.4 Å². The second-order valence-corrected chi connectivity index (χ2v) is 10.6. The molecule has 3 aliphatic heterocycles. The van der Waals surface area contributed by atoms with Crippen molar-refractivity contribution in [2.45, 2.75) is 30.3 Å².